The van der Waals surface area contributed by atoms with Crippen molar-refractivity contribution < 1.29 is 14.7 Å². The molecule has 8 heteroatoms. The molecule has 0 aliphatic rings. The molecule has 3 aromatic rings. The maximum absolute atomic E-state index is 12.6. The fourth-order valence-electron chi connectivity index (χ4n) is 2.71. The highest BCUT2D eigenvalue weighted by Crippen LogP contribution is 2.29. The van der Waals surface area contributed by atoms with Crippen LogP contribution in [0.1, 0.15) is 29.0 Å². The van der Waals surface area contributed by atoms with Gasteiger partial charge in [0.15, 0.2) is 5.69 Å². The molecule has 27 heavy (non-hydrogen) atoms. The molecule has 0 aliphatic heterocycles. The number of carbonyl (C=O) groups excluding carboxylic acids is 1. The number of pyridine rings is 1. The smallest absolute Gasteiger partial charge is 0.355 e. The molecule has 6 nitrogen and oxygen atoms in total. The number of carbonyl (C=O) groups is 2. The number of benzene rings is 2. The van der Waals surface area contributed by atoms with Gasteiger partial charge in [-0.2, -0.15) is 0 Å². The predicted octanol–water partition coefficient (Wildman–Crippen LogP) is 4.71. The highest BCUT2D eigenvalue weighted by Gasteiger charge is 2.20. The lowest BCUT2D eigenvalue weighted by Gasteiger charge is -2.22. The topological polar surface area (TPSA) is 82.5 Å². The first kappa shape index (κ1) is 19.0. The molecule has 0 radical (unpaired) electrons. The Kier molecular flexibility index (Phi) is 5.53. The SMILES string of the molecule is C[C@H](NC(=O)N(S)c1cnc(C(=O)O)c2ccccc12)c1ccc(Cl)cc1. The van der Waals surface area contributed by atoms with Gasteiger partial charge in [0.05, 0.1) is 17.9 Å². The average molecular weight is 402 g/mol. The van der Waals surface area contributed by atoms with E-state index in [4.69, 9.17) is 11.6 Å². The molecule has 0 fully saturated rings. The van der Waals surface area contributed by atoms with E-state index in [0.29, 0.717) is 21.5 Å². The normalized spacial score (nSPS) is 11.8. The van der Waals surface area contributed by atoms with Gasteiger partial charge < -0.3 is 10.4 Å². The zero-order valence-corrected chi connectivity index (χ0v) is 15.9. The first-order valence-electron chi connectivity index (χ1n) is 8.04. The summed E-state index contributed by atoms with van der Waals surface area (Å²) in [5.74, 6) is -1.13. The van der Waals surface area contributed by atoms with Crippen molar-refractivity contribution in [1.29, 1.82) is 0 Å². The van der Waals surface area contributed by atoms with Crippen molar-refractivity contribution in [2.75, 3.05) is 4.31 Å². The summed E-state index contributed by atoms with van der Waals surface area (Å²) in [6.45, 7) is 1.84. The summed E-state index contributed by atoms with van der Waals surface area (Å²) in [4.78, 5) is 28.0. The third-order valence-corrected chi connectivity index (χ3v) is 4.76. The number of rotatable bonds is 4. The molecule has 1 heterocycles. The van der Waals surface area contributed by atoms with Crippen LogP contribution in [-0.2, 0) is 0 Å². The summed E-state index contributed by atoms with van der Waals surface area (Å²) < 4.78 is 1.12. The number of halogens is 1. The van der Waals surface area contributed by atoms with Gasteiger partial charge in [0.25, 0.3) is 0 Å². The number of nitrogens with one attached hydrogen (secondary N) is 1. The second-order valence-electron chi connectivity index (χ2n) is 5.88. The van der Waals surface area contributed by atoms with E-state index in [1.165, 1.54) is 6.20 Å². The number of hydrogen-bond acceptors (Lipinski definition) is 4. The Bertz CT molecular complexity index is 1010. The number of aromatic nitrogens is 1. The van der Waals surface area contributed by atoms with Gasteiger partial charge in [-0.3, -0.25) is 0 Å². The first-order valence-corrected chi connectivity index (χ1v) is 8.82. The monoisotopic (exact) mass is 401 g/mol. The highest BCUT2D eigenvalue weighted by molar-refractivity contribution is 7.82. The van der Waals surface area contributed by atoms with Gasteiger partial charge >= 0.3 is 12.0 Å². The number of carboxylic acid groups (broad SMARTS) is 1. The summed E-state index contributed by atoms with van der Waals surface area (Å²) in [6.07, 6.45) is 1.32. The summed E-state index contributed by atoms with van der Waals surface area (Å²) in [5, 5.41) is 13.8. The Labute approximate surface area is 166 Å². The Hall–Kier alpha value is -2.77. The van der Waals surface area contributed by atoms with Crippen molar-refractivity contribution in [3.8, 4) is 0 Å². The van der Waals surface area contributed by atoms with Crippen molar-refractivity contribution >= 4 is 52.9 Å². The maximum Gasteiger partial charge on any atom is 0.355 e. The van der Waals surface area contributed by atoms with Crippen LogP contribution in [-0.4, -0.2) is 22.1 Å². The van der Waals surface area contributed by atoms with E-state index in [0.717, 1.165) is 9.87 Å². The van der Waals surface area contributed by atoms with E-state index in [-0.39, 0.29) is 11.7 Å². The lowest BCUT2D eigenvalue weighted by molar-refractivity contribution is 0.0693. The number of amides is 2. The molecular formula is C19H16ClN3O3S. The Balaban J connectivity index is 1.88. The van der Waals surface area contributed by atoms with Gasteiger partial charge in [-0.15, -0.1) is 0 Å². The van der Waals surface area contributed by atoms with Crippen LogP contribution in [0, 0.1) is 0 Å². The molecule has 138 valence electrons. The van der Waals surface area contributed by atoms with Gasteiger partial charge in [-0.1, -0.05) is 60.8 Å². The lowest BCUT2D eigenvalue weighted by atomic mass is 10.1. The molecule has 0 bridgehead atoms. The number of hydrogen-bond donors (Lipinski definition) is 3. The number of fused-ring (bicyclic) bond motifs is 1. The van der Waals surface area contributed by atoms with Crippen LogP contribution in [0.25, 0.3) is 10.8 Å². The number of nitrogens with zero attached hydrogens (tertiary/aromatic N) is 2. The standard InChI is InChI=1S/C19H16ClN3O3S/c1-11(12-6-8-13(20)9-7-12)22-19(26)23(27)16-10-21-17(18(24)25)15-5-3-2-4-14(15)16/h2-11,27H,1H3,(H,22,26)(H,24,25)/t11-/m0/s1. The van der Waals surface area contributed by atoms with E-state index in [1.54, 1.807) is 36.4 Å². The van der Waals surface area contributed by atoms with E-state index in [9.17, 15) is 14.7 Å². The van der Waals surface area contributed by atoms with Crippen LogP contribution < -0.4 is 9.62 Å². The zero-order valence-electron chi connectivity index (χ0n) is 14.3. The maximum atomic E-state index is 12.6. The zero-order chi connectivity index (χ0) is 19.6. The summed E-state index contributed by atoms with van der Waals surface area (Å²) in [6, 6.07) is 13.3. The number of aromatic carboxylic acids is 1. The highest BCUT2D eigenvalue weighted by atomic mass is 35.5. The molecule has 0 spiro atoms. The van der Waals surface area contributed by atoms with E-state index in [2.05, 4.69) is 23.1 Å². The second kappa shape index (κ2) is 7.85. The number of urea groups is 1. The molecule has 0 unspecified atom stereocenters. The molecule has 0 saturated heterocycles. The lowest BCUT2D eigenvalue weighted by Crippen LogP contribution is -2.36. The van der Waals surface area contributed by atoms with Gasteiger partial charge in [0.1, 0.15) is 0 Å². The van der Waals surface area contributed by atoms with Gasteiger partial charge in [0.2, 0.25) is 0 Å². The van der Waals surface area contributed by atoms with Crippen molar-refractivity contribution in [3.05, 3.63) is 71.0 Å². The van der Waals surface area contributed by atoms with Crippen molar-refractivity contribution in [2.24, 2.45) is 0 Å². The van der Waals surface area contributed by atoms with Crippen LogP contribution in [0.5, 0.6) is 0 Å². The molecule has 2 N–H and O–H groups in total. The van der Waals surface area contributed by atoms with Gasteiger partial charge in [-0.25, -0.2) is 18.9 Å². The Morgan fingerprint density at radius 3 is 2.41 bits per heavy atom. The number of anilines is 1. The second-order valence-corrected chi connectivity index (χ2v) is 6.71. The number of carboxylic acids is 1. The van der Waals surface area contributed by atoms with E-state index < -0.39 is 12.0 Å². The van der Waals surface area contributed by atoms with Gasteiger partial charge in [0, 0.05) is 15.8 Å². The van der Waals surface area contributed by atoms with Crippen LogP contribution in [0.3, 0.4) is 0 Å². The molecule has 3 rings (SSSR count). The predicted molar refractivity (Wildman–Crippen MR) is 109 cm³/mol. The van der Waals surface area contributed by atoms with Gasteiger partial charge in [-0.05, 0) is 24.6 Å². The molecule has 1 aromatic heterocycles. The quantitative estimate of drug-likeness (QED) is 0.553. The van der Waals surface area contributed by atoms with Crippen LogP contribution in [0.2, 0.25) is 5.02 Å². The molecule has 0 aliphatic carbocycles. The molecular weight excluding hydrogens is 386 g/mol. The first-order chi connectivity index (χ1) is 12.9. The molecule has 0 saturated carbocycles. The minimum absolute atomic E-state index is 0.0778. The molecule has 1 atom stereocenters. The van der Waals surface area contributed by atoms with Crippen molar-refractivity contribution in [3.63, 3.8) is 0 Å². The fraction of sp³-hybridized carbons (Fsp3) is 0.105. The molecule has 2 aromatic carbocycles. The van der Waals surface area contributed by atoms with Crippen LogP contribution in [0.15, 0.2) is 54.7 Å². The minimum atomic E-state index is -1.13. The largest absolute Gasteiger partial charge is 0.476 e. The third-order valence-electron chi connectivity index (χ3n) is 4.11. The summed E-state index contributed by atoms with van der Waals surface area (Å²) >= 11 is 10.2. The van der Waals surface area contributed by atoms with Crippen LogP contribution in [0.4, 0.5) is 10.5 Å². The minimum Gasteiger partial charge on any atom is -0.476 e. The third kappa shape index (κ3) is 3.99. The van der Waals surface area contributed by atoms with Crippen molar-refractivity contribution in [1.82, 2.24) is 10.3 Å². The average Bonchev–Trinajstić information content (AvgIpc) is 2.66. The summed E-state index contributed by atoms with van der Waals surface area (Å²) in [5.41, 5.74) is 1.20. The molecule has 2 amide bonds. The van der Waals surface area contributed by atoms with Crippen molar-refractivity contribution in [2.45, 2.75) is 13.0 Å². The van der Waals surface area contributed by atoms with Crippen LogP contribution >= 0.6 is 24.4 Å². The Morgan fingerprint density at radius 1 is 1.15 bits per heavy atom. The number of thiol groups is 1. The van der Waals surface area contributed by atoms with E-state index in [1.807, 2.05) is 19.1 Å². The summed E-state index contributed by atoms with van der Waals surface area (Å²) in [7, 11) is 0. The van der Waals surface area contributed by atoms with E-state index >= 15 is 0 Å². The fourth-order valence-corrected chi connectivity index (χ4v) is 3.05. The Morgan fingerprint density at radius 2 is 1.78 bits per heavy atom.